The van der Waals surface area contributed by atoms with Crippen molar-refractivity contribution in [3.05, 3.63) is 58.5 Å². The van der Waals surface area contributed by atoms with E-state index in [1.165, 1.54) is 17.7 Å². The first-order valence-electron chi connectivity index (χ1n) is 6.90. The fourth-order valence-corrected chi connectivity index (χ4v) is 2.06. The van der Waals surface area contributed by atoms with Crippen molar-refractivity contribution in [1.82, 2.24) is 0 Å². The van der Waals surface area contributed by atoms with Gasteiger partial charge in [-0.15, -0.1) is 4.91 Å². The molecule has 0 aliphatic rings. The Morgan fingerprint density at radius 3 is 2.57 bits per heavy atom. The predicted molar refractivity (Wildman–Crippen MR) is 86.0 cm³/mol. The average molecular weight is 284 g/mol. The van der Waals surface area contributed by atoms with Gasteiger partial charge in [0.25, 0.3) is 0 Å². The Bertz CT molecular complexity index is 645. The highest BCUT2D eigenvalue weighted by Crippen LogP contribution is 2.27. The summed E-state index contributed by atoms with van der Waals surface area (Å²) in [4.78, 5) is 10.5. The smallest absolute Gasteiger partial charge is 0.120 e. The summed E-state index contributed by atoms with van der Waals surface area (Å²) < 4.78 is 0. The van der Waals surface area contributed by atoms with E-state index in [-0.39, 0.29) is 11.2 Å². The van der Waals surface area contributed by atoms with Crippen molar-refractivity contribution in [2.24, 2.45) is 5.18 Å². The Hall–Kier alpha value is -2.36. The molecule has 4 heteroatoms. The lowest BCUT2D eigenvalue weighted by Gasteiger charge is -2.20. The monoisotopic (exact) mass is 284 g/mol. The maximum absolute atomic E-state index is 10.5. The summed E-state index contributed by atoms with van der Waals surface area (Å²) >= 11 is 0. The average Bonchev–Trinajstić information content (AvgIpc) is 2.46. The van der Waals surface area contributed by atoms with Crippen LogP contribution < -0.4 is 5.32 Å². The molecule has 2 aromatic carbocycles. The highest BCUT2D eigenvalue weighted by molar-refractivity contribution is 5.51. The molecule has 0 fully saturated rings. The van der Waals surface area contributed by atoms with Gasteiger partial charge in [0.1, 0.15) is 11.4 Å². The number of hydrogen-bond acceptors (Lipinski definition) is 4. The van der Waals surface area contributed by atoms with Crippen LogP contribution in [0.4, 0.5) is 11.4 Å². The molecule has 0 saturated heterocycles. The van der Waals surface area contributed by atoms with Crippen LogP contribution in [-0.2, 0) is 12.0 Å². The normalized spacial score (nSPS) is 11.2. The number of nitrogens with one attached hydrogen (secondary N) is 1. The molecule has 4 nitrogen and oxygen atoms in total. The van der Waals surface area contributed by atoms with Crippen LogP contribution in [0, 0.1) is 4.91 Å². The van der Waals surface area contributed by atoms with E-state index in [0.717, 1.165) is 5.69 Å². The standard InChI is InChI=1S/C17H20N2O2/c1-17(2,3)13-5-4-6-14(10-13)18-11-12-9-15(19-21)7-8-16(12)20/h4-10,18,20H,11H2,1-3H3. The van der Waals surface area contributed by atoms with Crippen LogP contribution in [0.15, 0.2) is 47.6 Å². The van der Waals surface area contributed by atoms with Gasteiger partial charge in [0.2, 0.25) is 0 Å². The third kappa shape index (κ3) is 3.81. The molecule has 0 amide bonds. The fraction of sp³-hybridized carbons (Fsp3) is 0.294. The summed E-state index contributed by atoms with van der Waals surface area (Å²) in [6.45, 7) is 6.92. The van der Waals surface area contributed by atoms with Crippen LogP contribution in [0.2, 0.25) is 0 Å². The molecule has 0 unspecified atom stereocenters. The molecule has 2 rings (SSSR count). The van der Waals surface area contributed by atoms with E-state index in [1.54, 1.807) is 6.07 Å². The molecule has 0 atom stereocenters. The van der Waals surface area contributed by atoms with Crippen LogP contribution in [0.1, 0.15) is 31.9 Å². The van der Waals surface area contributed by atoms with Crippen molar-refractivity contribution < 1.29 is 5.11 Å². The zero-order valence-electron chi connectivity index (χ0n) is 12.6. The van der Waals surface area contributed by atoms with Gasteiger partial charge in [-0.05, 0) is 46.5 Å². The summed E-state index contributed by atoms with van der Waals surface area (Å²) in [5.74, 6) is 0.155. The van der Waals surface area contributed by atoms with Crippen molar-refractivity contribution in [3.63, 3.8) is 0 Å². The Balaban J connectivity index is 2.15. The summed E-state index contributed by atoms with van der Waals surface area (Å²) in [5.41, 5.74) is 3.26. The molecular formula is C17H20N2O2. The number of anilines is 1. The topological polar surface area (TPSA) is 61.7 Å². The maximum atomic E-state index is 10.5. The predicted octanol–water partition coefficient (Wildman–Crippen LogP) is 4.70. The molecule has 0 aliphatic heterocycles. The third-order valence-corrected chi connectivity index (χ3v) is 3.38. The number of nitroso groups, excluding NO2 is 1. The lowest BCUT2D eigenvalue weighted by atomic mass is 9.87. The lowest BCUT2D eigenvalue weighted by molar-refractivity contribution is 0.469. The molecule has 0 bridgehead atoms. The Morgan fingerprint density at radius 2 is 1.90 bits per heavy atom. The van der Waals surface area contributed by atoms with Gasteiger partial charge < -0.3 is 10.4 Å². The number of benzene rings is 2. The van der Waals surface area contributed by atoms with E-state index in [1.807, 2.05) is 12.1 Å². The van der Waals surface area contributed by atoms with Crippen LogP contribution >= 0.6 is 0 Å². The minimum Gasteiger partial charge on any atom is -0.508 e. The van der Waals surface area contributed by atoms with Gasteiger partial charge in [0.15, 0.2) is 0 Å². The molecular weight excluding hydrogens is 264 g/mol. The van der Waals surface area contributed by atoms with Gasteiger partial charge in [-0.3, -0.25) is 0 Å². The van der Waals surface area contributed by atoms with Gasteiger partial charge in [-0.25, -0.2) is 0 Å². The maximum Gasteiger partial charge on any atom is 0.120 e. The van der Waals surface area contributed by atoms with Crippen LogP contribution in [-0.4, -0.2) is 5.11 Å². The molecule has 0 aromatic heterocycles. The van der Waals surface area contributed by atoms with Gasteiger partial charge in [-0.2, -0.15) is 0 Å². The van der Waals surface area contributed by atoms with Crippen molar-refractivity contribution in [2.75, 3.05) is 5.32 Å². The van der Waals surface area contributed by atoms with E-state index in [0.29, 0.717) is 17.8 Å². The number of rotatable bonds is 4. The Morgan fingerprint density at radius 1 is 1.14 bits per heavy atom. The van der Waals surface area contributed by atoms with E-state index in [2.05, 4.69) is 43.4 Å². The van der Waals surface area contributed by atoms with Crippen molar-refractivity contribution in [2.45, 2.75) is 32.7 Å². The number of phenols is 1. The zero-order chi connectivity index (χ0) is 15.5. The fourth-order valence-electron chi connectivity index (χ4n) is 2.06. The van der Waals surface area contributed by atoms with Gasteiger partial charge >= 0.3 is 0 Å². The van der Waals surface area contributed by atoms with Crippen molar-refractivity contribution in [1.29, 1.82) is 0 Å². The van der Waals surface area contributed by atoms with E-state index in [4.69, 9.17) is 0 Å². The minimum absolute atomic E-state index is 0.0845. The Kier molecular flexibility index (Phi) is 4.26. The largest absolute Gasteiger partial charge is 0.508 e. The summed E-state index contributed by atoms with van der Waals surface area (Å²) in [6.07, 6.45) is 0. The van der Waals surface area contributed by atoms with Crippen LogP contribution in [0.5, 0.6) is 5.75 Å². The molecule has 0 radical (unpaired) electrons. The molecule has 2 N–H and O–H groups in total. The number of nitrogens with zero attached hydrogens (tertiary/aromatic N) is 1. The summed E-state index contributed by atoms with van der Waals surface area (Å²) in [5, 5.41) is 16.0. The molecule has 0 heterocycles. The molecule has 0 aliphatic carbocycles. The SMILES string of the molecule is CC(C)(C)c1cccc(NCc2cc(N=O)ccc2O)c1. The number of phenolic OH excluding ortho intramolecular Hbond substituents is 1. The van der Waals surface area contributed by atoms with E-state index in [9.17, 15) is 10.0 Å². The highest BCUT2D eigenvalue weighted by atomic mass is 16.3. The highest BCUT2D eigenvalue weighted by Gasteiger charge is 2.13. The molecule has 110 valence electrons. The van der Waals surface area contributed by atoms with Crippen molar-refractivity contribution in [3.8, 4) is 5.75 Å². The third-order valence-electron chi connectivity index (χ3n) is 3.38. The van der Waals surface area contributed by atoms with Gasteiger partial charge in [0, 0.05) is 17.8 Å². The molecule has 21 heavy (non-hydrogen) atoms. The molecule has 2 aromatic rings. The first kappa shape index (κ1) is 15.0. The lowest BCUT2D eigenvalue weighted by Crippen LogP contribution is -2.11. The van der Waals surface area contributed by atoms with Crippen LogP contribution in [0.25, 0.3) is 0 Å². The van der Waals surface area contributed by atoms with Crippen molar-refractivity contribution >= 4 is 11.4 Å². The van der Waals surface area contributed by atoms with Gasteiger partial charge in [-0.1, -0.05) is 32.9 Å². The summed E-state index contributed by atoms with van der Waals surface area (Å²) in [6, 6.07) is 12.7. The minimum atomic E-state index is 0.0845. The van der Waals surface area contributed by atoms with E-state index < -0.39 is 0 Å². The zero-order valence-corrected chi connectivity index (χ0v) is 12.6. The summed E-state index contributed by atoms with van der Waals surface area (Å²) in [7, 11) is 0. The molecule has 0 saturated carbocycles. The first-order valence-corrected chi connectivity index (χ1v) is 6.90. The van der Waals surface area contributed by atoms with Crippen LogP contribution in [0.3, 0.4) is 0 Å². The first-order chi connectivity index (χ1) is 9.90. The van der Waals surface area contributed by atoms with E-state index >= 15 is 0 Å². The number of hydrogen-bond donors (Lipinski definition) is 2. The second-order valence-corrected chi connectivity index (χ2v) is 6.09. The molecule has 0 spiro atoms. The quantitative estimate of drug-likeness (QED) is 0.800. The number of aromatic hydroxyl groups is 1. The second kappa shape index (κ2) is 5.95. The second-order valence-electron chi connectivity index (χ2n) is 6.09. The Labute approximate surface area is 124 Å². The van der Waals surface area contributed by atoms with Gasteiger partial charge in [0.05, 0.1) is 0 Å².